The van der Waals surface area contributed by atoms with Gasteiger partial charge in [-0.05, 0) is 24.6 Å². The van der Waals surface area contributed by atoms with E-state index < -0.39 is 6.10 Å². The Hall–Kier alpha value is -1.61. The first-order chi connectivity index (χ1) is 7.74. The van der Waals surface area contributed by atoms with E-state index in [2.05, 4.69) is 4.98 Å². The van der Waals surface area contributed by atoms with E-state index in [4.69, 9.17) is 4.42 Å². The van der Waals surface area contributed by atoms with Crippen molar-refractivity contribution in [1.29, 1.82) is 0 Å². The molecule has 0 aromatic carbocycles. The Balaban J connectivity index is 2.39. The minimum absolute atomic E-state index is 0.651. The summed E-state index contributed by atoms with van der Waals surface area (Å²) in [7, 11) is 0. The molecular formula is C13H15NO2. The summed E-state index contributed by atoms with van der Waals surface area (Å²) in [5, 5.41) is 10.3. The second kappa shape index (κ2) is 4.49. The Morgan fingerprint density at radius 2 is 2.19 bits per heavy atom. The predicted molar refractivity (Wildman–Crippen MR) is 61.1 cm³/mol. The molecule has 0 fully saturated rings. The van der Waals surface area contributed by atoms with Crippen LogP contribution >= 0.6 is 0 Å². The molecular weight excluding hydrogens is 202 g/mol. The van der Waals surface area contributed by atoms with Gasteiger partial charge >= 0.3 is 0 Å². The predicted octanol–water partition coefficient (Wildman–Crippen LogP) is 2.63. The first-order valence-corrected chi connectivity index (χ1v) is 5.39. The Morgan fingerprint density at radius 3 is 2.88 bits per heavy atom. The van der Waals surface area contributed by atoms with E-state index in [0.717, 1.165) is 28.9 Å². The van der Waals surface area contributed by atoms with Gasteiger partial charge in [0.2, 0.25) is 0 Å². The van der Waals surface area contributed by atoms with Crippen molar-refractivity contribution in [2.75, 3.05) is 0 Å². The third kappa shape index (κ3) is 1.86. The van der Waals surface area contributed by atoms with Crippen LogP contribution in [-0.4, -0.2) is 10.1 Å². The fourth-order valence-corrected chi connectivity index (χ4v) is 1.81. The Bertz CT molecular complexity index is 476. The molecule has 2 aromatic heterocycles. The summed E-state index contributed by atoms with van der Waals surface area (Å²) in [6.07, 6.45) is 5.16. The molecule has 2 heterocycles. The van der Waals surface area contributed by atoms with Crippen molar-refractivity contribution in [2.24, 2.45) is 0 Å². The standard InChI is InChI=1S/C13H15NO2/c1-3-12-10(5-7-16-12)13(15)11-8-14-6-4-9(11)2/h4-8,13,15H,3H2,1-2H3. The SMILES string of the molecule is CCc1occc1C(O)c1cnccc1C. The Labute approximate surface area is 94.8 Å². The lowest BCUT2D eigenvalue weighted by Gasteiger charge is -2.12. The van der Waals surface area contributed by atoms with E-state index in [1.165, 1.54) is 0 Å². The van der Waals surface area contributed by atoms with Crippen LogP contribution in [0, 0.1) is 6.92 Å². The fourth-order valence-electron chi connectivity index (χ4n) is 1.81. The van der Waals surface area contributed by atoms with Crippen molar-refractivity contribution in [3.63, 3.8) is 0 Å². The van der Waals surface area contributed by atoms with Crippen LogP contribution in [-0.2, 0) is 6.42 Å². The van der Waals surface area contributed by atoms with Crippen molar-refractivity contribution in [3.05, 3.63) is 53.2 Å². The van der Waals surface area contributed by atoms with Crippen LogP contribution in [0.15, 0.2) is 35.2 Å². The van der Waals surface area contributed by atoms with Crippen LogP contribution < -0.4 is 0 Å². The average Bonchev–Trinajstić information content (AvgIpc) is 2.77. The zero-order chi connectivity index (χ0) is 11.5. The van der Waals surface area contributed by atoms with Gasteiger partial charge in [0.15, 0.2) is 0 Å². The number of hydrogen-bond donors (Lipinski definition) is 1. The van der Waals surface area contributed by atoms with Gasteiger partial charge in [0.05, 0.1) is 6.26 Å². The maximum absolute atomic E-state index is 10.3. The quantitative estimate of drug-likeness (QED) is 0.859. The molecule has 2 aromatic rings. The summed E-state index contributed by atoms with van der Waals surface area (Å²) in [6, 6.07) is 3.71. The van der Waals surface area contributed by atoms with Crippen molar-refractivity contribution < 1.29 is 9.52 Å². The molecule has 0 amide bonds. The molecule has 3 nitrogen and oxygen atoms in total. The van der Waals surface area contributed by atoms with Gasteiger partial charge in [-0.25, -0.2) is 0 Å². The third-order valence-corrected chi connectivity index (χ3v) is 2.77. The lowest BCUT2D eigenvalue weighted by Crippen LogP contribution is -2.03. The molecule has 16 heavy (non-hydrogen) atoms. The molecule has 84 valence electrons. The van der Waals surface area contributed by atoms with Gasteiger partial charge in [0, 0.05) is 29.9 Å². The van der Waals surface area contributed by atoms with Gasteiger partial charge in [-0.15, -0.1) is 0 Å². The number of aromatic nitrogens is 1. The van der Waals surface area contributed by atoms with Gasteiger partial charge in [0.25, 0.3) is 0 Å². The van der Waals surface area contributed by atoms with E-state index >= 15 is 0 Å². The molecule has 1 atom stereocenters. The number of aliphatic hydroxyl groups excluding tert-OH is 1. The summed E-state index contributed by atoms with van der Waals surface area (Å²) in [4.78, 5) is 4.04. The smallest absolute Gasteiger partial charge is 0.109 e. The molecule has 0 aliphatic carbocycles. The van der Waals surface area contributed by atoms with Crippen LogP contribution in [0.25, 0.3) is 0 Å². The van der Waals surface area contributed by atoms with Crippen LogP contribution in [0.1, 0.15) is 35.5 Å². The summed E-state index contributed by atoms with van der Waals surface area (Å²) < 4.78 is 5.32. The molecule has 1 N–H and O–H groups in total. The molecule has 3 heteroatoms. The minimum atomic E-state index is -0.651. The fraction of sp³-hybridized carbons (Fsp3) is 0.308. The lowest BCUT2D eigenvalue weighted by molar-refractivity contribution is 0.216. The third-order valence-electron chi connectivity index (χ3n) is 2.77. The second-order valence-corrected chi connectivity index (χ2v) is 3.79. The van der Waals surface area contributed by atoms with Crippen molar-refractivity contribution >= 4 is 0 Å². The number of nitrogens with zero attached hydrogens (tertiary/aromatic N) is 1. The summed E-state index contributed by atoms with van der Waals surface area (Å²) in [5.74, 6) is 0.829. The number of aryl methyl sites for hydroxylation is 2. The van der Waals surface area contributed by atoms with Gasteiger partial charge in [-0.2, -0.15) is 0 Å². The van der Waals surface area contributed by atoms with Crippen LogP contribution in [0.4, 0.5) is 0 Å². The van der Waals surface area contributed by atoms with E-state index in [9.17, 15) is 5.11 Å². The van der Waals surface area contributed by atoms with E-state index in [-0.39, 0.29) is 0 Å². The lowest BCUT2D eigenvalue weighted by atomic mass is 9.99. The second-order valence-electron chi connectivity index (χ2n) is 3.79. The highest BCUT2D eigenvalue weighted by molar-refractivity contribution is 5.34. The van der Waals surface area contributed by atoms with Crippen LogP contribution in [0.3, 0.4) is 0 Å². The number of hydrogen-bond acceptors (Lipinski definition) is 3. The van der Waals surface area contributed by atoms with E-state index in [1.807, 2.05) is 26.0 Å². The zero-order valence-corrected chi connectivity index (χ0v) is 9.47. The first kappa shape index (κ1) is 10.9. The molecule has 0 saturated heterocycles. The number of furan rings is 1. The minimum Gasteiger partial charge on any atom is -0.469 e. The van der Waals surface area contributed by atoms with Gasteiger partial charge in [0.1, 0.15) is 11.9 Å². The maximum Gasteiger partial charge on any atom is 0.109 e. The summed E-state index contributed by atoms with van der Waals surface area (Å²) in [5.41, 5.74) is 2.70. The highest BCUT2D eigenvalue weighted by Crippen LogP contribution is 2.27. The largest absolute Gasteiger partial charge is 0.469 e. The number of aliphatic hydroxyl groups is 1. The topological polar surface area (TPSA) is 46.3 Å². The molecule has 0 aliphatic rings. The summed E-state index contributed by atoms with van der Waals surface area (Å²) in [6.45, 7) is 3.97. The van der Waals surface area contributed by atoms with Crippen LogP contribution in [0.2, 0.25) is 0 Å². The molecule has 1 unspecified atom stereocenters. The van der Waals surface area contributed by atoms with Crippen molar-refractivity contribution in [1.82, 2.24) is 4.98 Å². The first-order valence-electron chi connectivity index (χ1n) is 5.39. The molecule has 0 spiro atoms. The Morgan fingerprint density at radius 1 is 1.38 bits per heavy atom. The van der Waals surface area contributed by atoms with Gasteiger partial charge in [-0.3, -0.25) is 4.98 Å². The average molecular weight is 217 g/mol. The molecule has 0 aliphatic heterocycles. The highest BCUT2D eigenvalue weighted by atomic mass is 16.3. The monoisotopic (exact) mass is 217 g/mol. The molecule has 0 bridgehead atoms. The van der Waals surface area contributed by atoms with Gasteiger partial charge in [-0.1, -0.05) is 6.92 Å². The van der Waals surface area contributed by atoms with Crippen LogP contribution in [0.5, 0.6) is 0 Å². The number of pyridine rings is 1. The number of rotatable bonds is 3. The molecule has 0 radical (unpaired) electrons. The normalized spacial score (nSPS) is 12.7. The maximum atomic E-state index is 10.3. The van der Waals surface area contributed by atoms with E-state index in [0.29, 0.717) is 0 Å². The van der Waals surface area contributed by atoms with E-state index in [1.54, 1.807) is 18.7 Å². The highest BCUT2D eigenvalue weighted by Gasteiger charge is 2.17. The van der Waals surface area contributed by atoms with Gasteiger partial charge < -0.3 is 9.52 Å². The van der Waals surface area contributed by atoms with Crippen molar-refractivity contribution in [2.45, 2.75) is 26.4 Å². The Kier molecular flexibility index (Phi) is 3.06. The molecule has 0 saturated carbocycles. The zero-order valence-electron chi connectivity index (χ0n) is 9.47. The summed E-state index contributed by atoms with van der Waals surface area (Å²) >= 11 is 0. The molecule has 2 rings (SSSR count). The van der Waals surface area contributed by atoms with Crippen molar-refractivity contribution in [3.8, 4) is 0 Å².